The molecule has 3 aromatic rings. The van der Waals surface area contributed by atoms with Crippen LogP contribution >= 0.6 is 11.6 Å². The molecule has 0 saturated heterocycles. The van der Waals surface area contributed by atoms with E-state index in [0.29, 0.717) is 34.1 Å². The van der Waals surface area contributed by atoms with Crippen molar-refractivity contribution in [2.24, 2.45) is 0 Å². The molecule has 146 valence electrons. The van der Waals surface area contributed by atoms with Gasteiger partial charge in [-0.2, -0.15) is 0 Å². The fourth-order valence-corrected chi connectivity index (χ4v) is 2.63. The van der Waals surface area contributed by atoms with Crippen LogP contribution in [0.25, 0.3) is 11.0 Å². The van der Waals surface area contributed by atoms with Crippen LogP contribution in [0, 0.1) is 0 Å². The zero-order chi connectivity index (χ0) is 20.1. The summed E-state index contributed by atoms with van der Waals surface area (Å²) in [5, 5.41) is 0.702. The van der Waals surface area contributed by atoms with Crippen LogP contribution in [0.4, 0.5) is 0 Å². The van der Waals surface area contributed by atoms with E-state index in [-0.39, 0.29) is 11.2 Å². The highest BCUT2D eigenvalue weighted by molar-refractivity contribution is 6.32. The molecule has 0 saturated carbocycles. The van der Waals surface area contributed by atoms with Gasteiger partial charge in [-0.25, -0.2) is 4.79 Å². The predicted molar refractivity (Wildman–Crippen MR) is 105 cm³/mol. The van der Waals surface area contributed by atoms with Gasteiger partial charge in [0.15, 0.2) is 6.10 Å². The molecule has 0 fully saturated rings. The van der Waals surface area contributed by atoms with Crippen molar-refractivity contribution in [2.45, 2.75) is 26.4 Å². The Labute approximate surface area is 166 Å². The average molecular weight is 403 g/mol. The Kier molecular flexibility index (Phi) is 6.21. The number of hydrogen-bond donors (Lipinski definition) is 0. The van der Waals surface area contributed by atoms with Crippen molar-refractivity contribution >= 4 is 28.5 Å². The number of para-hydroxylation sites is 1. The molecule has 1 aromatic heterocycles. The van der Waals surface area contributed by atoms with E-state index in [1.54, 1.807) is 49.4 Å². The van der Waals surface area contributed by atoms with Crippen molar-refractivity contribution < 1.29 is 23.4 Å². The summed E-state index contributed by atoms with van der Waals surface area (Å²) >= 11 is 6.06. The van der Waals surface area contributed by atoms with Gasteiger partial charge in [-0.15, -0.1) is 0 Å². The van der Waals surface area contributed by atoms with Crippen molar-refractivity contribution in [3.63, 3.8) is 0 Å². The van der Waals surface area contributed by atoms with Gasteiger partial charge in [0.25, 0.3) is 0 Å². The molecule has 0 radical (unpaired) electrons. The van der Waals surface area contributed by atoms with Crippen molar-refractivity contribution in [3.05, 3.63) is 64.0 Å². The van der Waals surface area contributed by atoms with Crippen molar-refractivity contribution in [2.75, 3.05) is 6.61 Å². The summed E-state index contributed by atoms with van der Waals surface area (Å²) in [5.74, 6) is 0.309. The number of fused-ring (bicyclic) bond motifs is 1. The first-order valence-corrected chi connectivity index (χ1v) is 9.18. The molecule has 0 aliphatic heterocycles. The smallest absolute Gasteiger partial charge is 0.347 e. The zero-order valence-corrected chi connectivity index (χ0v) is 16.2. The molecule has 1 heterocycles. The van der Waals surface area contributed by atoms with Gasteiger partial charge < -0.3 is 18.6 Å². The molecule has 0 aliphatic carbocycles. The molecular formula is C21H19ClO6. The topological polar surface area (TPSA) is 75.0 Å². The highest BCUT2D eigenvalue weighted by Crippen LogP contribution is 2.29. The van der Waals surface area contributed by atoms with Crippen LogP contribution < -0.4 is 14.9 Å². The Morgan fingerprint density at radius 3 is 2.71 bits per heavy atom. The fourth-order valence-electron chi connectivity index (χ4n) is 2.45. The lowest BCUT2D eigenvalue weighted by atomic mass is 10.2. The van der Waals surface area contributed by atoms with Gasteiger partial charge in [0.1, 0.15) is 23.3 Å². The predicted octanol–water partition coefficient (Wildman–Crippen LogP) is 4.96. The minimum atomic E-state index is -0.779. The maximum absolute atomic E-state index is 12.7. The summed E-state index contributed by atoms with van der Waals surface area (Å²) in [5.41, 5.74) is -0.0359. The molecule has 0 spiro atoms. The van der Waals surface area contributed by atoms with E-state index >= 15 is 0 Å². The Morgan fingerprint density at radius 1 is 1.18 bits per heavy atom. The number of rotatable bonds is 7. The first-order chi connectivity index (χ1) is 13.5. The Balaban J connectivity index is 1.81. The second kappa shape index (κ2) is 8.80. The van der Waals surface area contributed by atoms with Gasteiger partial charge in [0.2, 0.25) is 11.2 Å². The SMILES string of the molecule is CCCOC(=O)C(C)Oc1ccc2c(=O)c(Oc3ccccc3Cl)coc2c1. The number of benzene rings is 2. The van der Waals surface area contributed by atoms with Crippen LogP contribution in [-0.2, 0) is 9.53 Å². The van der Waals surface area contributed by atoms with Gasteiger partial charge in [-0.1, -0.05) is 30.7 Å². The summed E-state index contributed by atoms with van der Waals surface area (Å²) in [7, 11) is 0. The third-order valence-corrected chi connectivity index (χ3v) is 4.18. The third-order valence-electron chi connectivity index (χ3n) is 3.86. The highest BCUT2D eigenvalue weighted by Gasteiger charge is 2.17. The molecule has 3 rings (SSSR count). The molecule has 1 atom stereocenters. The van der Waals surface area contributed by atoms with E-state index in [4.69, 9.17) is 30.2 Å². The van der Waals surface area contributed by atoms with Crippen molar-refractivity contribution in [1.29, 1.82) is 0 Å². The minimum absolute atomic E-state index is 0.0192. The maximum Gasteiger partial charge on any atom is 0.347 e. The molecule has 6 nitrogen and oxygen atoms in total. The number of halogens is 1. The van der Waals surface area contributed by atoms with Crippen molar-refractivity contribution in [1.82, 2.24) is 0 Å². The third kappa shape index (κ3) is 4.46. The van der Waals surface area contributed by atoms with Crippen molar-refractivity contribution in [3.8, 4) is 17.2 Å². The summed E-state index contributed by atoms with van der Waals surface area (Å²) in [6, 6.07) is 11.5. The number of carbonyl (C=O) groups is 1. The summed E-state index contributed by atoms with van der Waals surface area (Å²) in [6.45, 7) is 3.85. The monoisotopic (exact) mass is 402 g/mol. The number of carbonyl (C=O) groups excluding carboxylic acids is 1. The summed E-state index contributed by atoms with van der Waals surface area (Å²) < 4.78 is 21.7. The van der Waals surface area contributed by atoms with Gasteiger partial charge in [-0.05, 0) is 37.6 Å². The van der Waals surface area contributed by atoms with E-state index in [1.807, 2.05) is 6.92 Å². The first-order valence-electron chi connectivity index (χ1n) is 8.81. The van der Waals surface area contributed by atoms with Gasteiger partial charge in [0.05, 0.1) is 17.0 Å². The molecule has 0 N–H and O–H groups in total. The van der Waals surface area contributed by atoms with Crippen LogP contribution in [0.15, 0.2) is 57.9 Å². The second-order valence-electron chi connectivity index (χ2n) is 6.05. The quantitative estimate of drug-likeness (QED) is 0.520. The Hall–Kier alpha value is -2.99. The Morgan fingerprint density at radius 2 is 1.96 bits per heavy atom. The largest absolute Gasteiger partial charge is 0.479 e. The summed E-state index contributed by atoms with van der Waals surface area (Å²) in [6.07, 6.45) is 1.17. The first kappa shape index (κ1) is 19.8. The van der Waals surface area contributed by atoms with Crippen LogP contribution in [0.2, 0.25) is 5.02 Å². The normalized spacial score (nSPS) is 11.8. The molecule has 0 aliphatic rings. The number of ether oxygens (including phenoxy) is 3. The van der Waals surface area contributed by atoms with Gasteiger partial charge >= 0.3 is 5.97 Å². The molecular weight excluding hydrogens is 384 g/mol. The maximum atomic E-state index is 12.7. The average Bonchev–Trinajstić information content (AvgIpc) is 2.69. The fraction of sp³-hybridized carbons (Fsp3) is 0.238. The molecule has 0 bridgehead atoms. The number of esters is 1. The standard InChI is InChI=1S/C21H19ClO6/c1-3-10-25-21(24)13(2)27-14-8-9-15-18(11-14)26-12-19(20(15)23)28-17-7-5-4-6-16(17)22/h4-9,11-13H,3,10H2,1-2H3. The molecule has 0 amide bonds. The molecule has 7 heteroatoms. The lowest BCUT2D eigenvalue weighted by Crippen LogP contribution is -2.26. The molecule has 2 aromatic carbocycles. The van der Waals surface area contributed by atoms with E-state index in [1.165, 1.54) is 6.26 Å². The lowest BCUT2D eigenvalue weighted by Gasteiger charge is -2.14. The zero-order valence-electron chi connectivity index (χ0n) is 15.4. The van der Waals surface area contributed by atoms with Crippen LogP contribution in [0.1, 0.15) is 20.3 Å². The Bertz CT molecular complexity index is 1040. The van der Waals surface area contributed by atoms with Crippen LogP contribution in [0.5, 0.6) is 17.2 Å². The lowest BCUT2D eigenvalue weighted by molar-refractivity contribution is -0.151. The molecule has 1 unspecified atom stereocenters. The van der Waals surface area contributed by atoms with Crippen LogP contribution in [-0.4, -0.2) is 18.7 Å². The van der Waals surface area contributed by atoms with E-state index in [0.717, 1.165) is 6.42 Å². The second-order valence-corrected chi connectivity index (χ2v) is 6.45. The minimum Gasteiger partial charge on any atom is -0.479 e. The molecule has 28 heavy (non-hydrogen) atoms. The van der Waals surface area contributed by atoms with E-state index < -0.39 is 12.1 Å². The number of hydrogen-bond acceptors (Lipinski definition) is 6. The van der Waals surface area contributed by atoms with E-state index in [2.05, 4.69) is 0 Å². The van der Waals surface area contributed by atoms with Gasteiger partial charge in [0, 0.05) is 6.07 Å². The summed E-state index contributed by atoms with van der Waals surface area (Å²) in [4.78, 5) is 24.5. The van der Waals surface area contributed by atoms with Crippen LogP contribution in [0.3, 0.4) is 0 Å². The highest BCUT2D eigenvalue weighted by atomic mass is 35.5. The van der Waals surface area contributed by atoms with E-state index in [9.17, 15) is 9.59 Å². The van der Waals surface area contributed by atoms with Gasteiger partial charge in [-0.3, -0.25) is 4.79 Å².